The fourth-order valence-electron chi connectivity index (χ4n) is 2.57. The Bertz CT molecular complexity index is 630. The molecule has 6 heteroatoms. The van der Waals surface area contributed by atoms with Gasteiger partial charge in [0.25, 0.3) is 11.9 Å². The van der Waals surface area contributed by atoms with Gasteiger partial charge in [0.2, 0.25) is 0 Å². The first-order valence-corrected chi connectivity index (χ1v) is 7.56. The van der Waals surface area contributed by atoms with Crippen molar-refractivity contribution in [1.29, 1.82) is 0 Å². The van der Waals surface area contributed by atoms with Gasteiger partial charge < -0.3 is 19.8 Å². The van der Waals surface area contributed by atoms with E-state index in [1.807, 2.05) is 30.3 Å². The van der Waals surface area contributed by atoms with E-state index in [0.717, 1.165) is 19.5 Å². The van der Waals surface area contributed by atoms with E-state index in [1.54, 1.807) is 12.1 Å². The van der Waals surface area contributed by atoms with E-state index < -0.39 is 0 Å². The summed E-state index contributed by atoms with van der Waals surface area (Å²) in [6.07, 6.45) is 0.932. The number of para-hydroxylation sites is 1. The molecule has 3 rings (SSSR count). The number of halogens is 1. The van der Waals surface area contributed by atoms with Crippen LogP contribution in [-0.2, 0) is 0 Å². The highest BCUT2D eigenvalue weighted by Gasteiger charge is 2.24. The zero-order valence-corrected chi connectivity index (χ0v) is 13.8. The Labute approximate surface area is 141 Å². The number of piperidine rings is 1. The minimum absolute atomic E-state index is 0. The smallest absolute Gasteiger partial charge is 0.290 e. The van der Waals surface area contributed by atoms with Gasteiger partial charge in [0, 0.05) is 12.1 Å². The van der Waals surface area contributed by atoms with Gasteiger partial charge in [-0.05, 0) is 43.6 Å². The quantitative estimate of drug-likeness (QED) is 0.899. The van der Waals surface area contributed by atoms with Crippen molar-refractivity contribution in [2.45, 2.75) is 19.4 Å². The Morgan fingerprint density at radius 3 is 2.78 bits per heavy atom. The minimum atomic E-state index is -0.193. The van der Waals surface area contributed by atoms with Gasteiger partial charge in [0.15, 0.2) is 5.76 Å². The molecular formula is C17H21ClN2O3. The van der Waals surface area contributed by atoms with Crippen molar-refractivity contribution in [3.05, 3.63) is 48.2 Å². The van der Waals surface area contributed by atoms with Gasteiger partial charge in [-0.25, -0.2) is 0 Å². The number of carbonyl (C=O) groups excluding carboxylic acids is 1. The number of ether oxygens (including phenoxy) is 1. The molecule has 2 aromatic rings. The van der Waals surface area contributed by atoms with Gasteiger partial charge >= 0.3 is 0 Å². The van der Waals surface area contributed by atoms with Crippen LogP contribution in [0.15, 0.2) is 46.9 Å². The number of carbonyl (C=O) groups is 1. The summed E-state index contributed by atoms with van der Waals surface area (Å²) in [7, 11) is 0. The Morgan fingerprint density at radius 2 is 2.04 bits per heavy atom. The molecule has 0 radical (unpaired) electrons. The fourth-order valence-corrected chi connectivity index (χ4v) is 2.57. The molecule has 2 N–H and O–H groups in total. The number of nitrogens with one attached hydrogen (secondary N) is 2. The second-order valence-electron chi connectivity index (χ2n) is 5.58. The molecule has 1 fully saturated rings. The average Bonchev–Trinajstić information content (AvgIpc) is 2.99. The predicted molar refractivity (Wildman–Crippen MR) is 90.4 cm³/mol. The molecule has 5 nitrogen and oxygen atoms in total. The third-order valence-electron chi connectivity index (χ3n) is 3.87. The van der Waals surface area contributed by atoms with E-state index in [0.29, 0.717) is 17.6 Å². The molecule has 0 bridgehead atoms. The SMILES string of the molecule is CC1CNCCC1NC(=O)c1ccc(Oc2ccccc2)o1.Cl. The van der Waals surface area contributed by atoms with E-state index in [-0.39, 0.29) is 30.1 Å². The van der Waals surface area contributed by atoms with Crippen molar-refractivity contribution >= 4 is 18.3 Å². The zero-order valence-electron chi connectivity index (χ0n) is 13.0. The van der Waals surface area contributed by atoms with Crippen molar-refractivity contribution in [1.82, 2.24) is 10.6 Å². The number of benzene rings is 1. The summed E-state index contributed by atoms with van der Waals surface area (Å²) in [5, 5.41) is 6.35. The summed E-state index contributed by atoms with van der Waals surface area (Å²) in [6.45, 7) is 3.98. The maximum atomic E-state index is 12.2. The van der Waals surface area contributed by atoms with E-state index in [4.69, 9.17) is 9.15 Å². The van der Waals surface area contributed by atoms with Crippen LogP contribution >= 0.6 is 12.4 Å². The second-order valence-corrected chi connectivity index (χ2v) is 5.58. The molecule has 1 amide bonds. The van der Waals surface area contributed by atoms with Crippen LogP contribution in [0.5, 0.6) is 11.7 Å². The Kier molecular flexibility index (Phi) is 6.07. The number of furan rings is 1. The van der Waals surface area contributed by atoms with Crippen LogP contribution in [-0.4, -0.2) is 25.0 Å². The van der Waals surface area contributed by atoms with Crippen LogP contribution in [0.2, 0.25) is 0 Å². The highest BCUT2D eigenvalue weighted by molar-refractivity contribution is 5.91. The predicted octanol–water partition coefficient (Wildman–Crippen LogP) is 3.22. The zero-order chi connectivity index (χ0) is 15.4. The standard InChI is InChI=1S/C17H20N2O3.ClH/c1-12-11-18-10-9-14(12)19-17(20)15-7-8-16(22-15)21-13-5-3-2-4-6-13;/h2-8,12,14,18H,9-11H2,1H3,(H,19,20);1H. The third-order valence-corrected chi connectivity index (χ3v) is 3.87. The molecule has 2 heterocycles. The third kappa shape index (κ3) is 4.50. The van der Waals surface area contributed by atoms with Crippen LogP contribution < -0.4 is 15.4 Å². The number of hydrogen-bond acceptors (Lipinski definition) is 4. The van der Waals surface area contributed by atoms with E-state index in [9.17, 15) is 4.79 Å². The minimum Gasteiger partial charge on any atom is -0.426 e. The van der Waals surface area contributed by atoms with Gasteiger partial charge in [-0.3, -0.25) is 4.79 Å². The van der Waals surface area contributed by atoms with Gasteiger partial charge in [-0.15, -0.1) is 12.4 Å². The average molecular weight is 337 g/mol. The Hall–Kier alpha value is -1.98. The highest BCUT2D eigenvalue weighted by atomic mass is 35.5. The number of hydrogen-bond donors (Lipinski definition) is 2. The maximum Gasteiger partial charge on any atom is 0.290 e. The highest BCUT2D eigenvalue weighted by Crippen LogP contribution is 2.23. The molecule has 1 aromatic heterocycles. The van der Waals surface area contributed by atoms with E-state index >= 15 is 0 Å². The molecule has 0 saturated carbocycles. The summed E-state index contributed by atoms with van der Waals surface area (Å²) in [4.78, 5) is 12.2. The first kappa shape index (κ1) is 17.4. The van der Waals surface area contributed by atoms with Gasteiger partial charge in [0.05, 0.1) is 0 Å². The molecule has 1 aliphatic heterocycles. The molecule has 2 atom stereocenters. The van der Waals surface area contributed by atoms with E-state index in [1.165, 1.54) is 0 Å². The molecule has 1 saturated heterocycles. The van der Waals surface area contributed by atoms with Crippen molar-refractivity contribution in [3.8, 4) is 11.7 Å². The molecule has 2 unspecified atom stereocenters. The van der Waals surface area contributed by atoms with Crippen molar-refractivity contribution in [2.24, 2.45) is 5.92 Å². The lowest BCUT2D eigenvalue weighted by atomic mass is 9.95. The largest absolute Gasteiger partial charge is 0.426 e. The van der Waals surface area contributed by atoms with Gasteiger partial charge in [-0.2, -0.15) is 0 Å². The fraction of sp³-hybridized carbons (Fsp3) is 0.353. The summed E-state index contributed by atoms with van der Waals surface area (Å²) < 4.78 is 11.0. The van der Waals surface area contributed by atoms with Gasteiger partial charge in [0.1, 0.15) is 5.75 Å². The molecule has 0 spiro atoms. The normalized spacial score (nSPS) is 20.4. The van der Waals surface area contributed by atoms with Crippen LogP contribution in [0, 0.1) is 5.92 Å². The second kappa shape index (κ2) is 8.04. The van der Waals surface area contributed by atoms with Crippen molar-refractivity contribution < 1.29 is 13.9 Å². The lowest BCUT2D eigenvalue weighted by Gasteiger charge is -2.29. The molecular weight excluding hydrogens is 316 g/mol. The first-order chi connectivity index (χ1) is 10.7. The Morgan fingerprint density at radius 1 is 1.26 bits per heavy atom. The summed E-state index contributed by atoms with van der Waals surface area (Å²) in [5.74, 6) is 1.48. The van der Waals surface area contributed by atoms with Crippen molar-refractivity contribution in [3.63, 3.8) is 0 Å². The Balaban J connectivity index is 0.00000192. The molecule has 1 aliphatic rings. The first-order valence-electron chi connectivity index (χ1n) is 7.56. The van der Waals surface area contributed by atoms with Crippen LogP contribution in [0.25, 0.3) is 0 Å². The monoisotopic (exact) mass is 336 g/mol. The van der Waals surface area contributed by atoms with Crippen LogP contribution in [0.1, 0.15) is 23.9 Å². The summed E-state index contributed by atoms with van der Waals surface area (Å²) in [6, 6.07) is 12.8. The molecule has 0 aliphatic carbocycles. The van der Waals surface area contributed by atoms with Crippen molar-refractivity contribution in [2.75, 3.05) is 13.1 Å². The number of rotatable bonds is 4. The lowest BCUT2D eigenvalue weighted by Crippen LogP contribution is -2.48. The van der Waals surface area contributed by atoms with Crippen LogP contribution in [0.3, 0.4) is 0 Å². The topological polar surface area (TPSA) is 63.5 Å². The summed E-state index contributed by atoms with van der Waals surface area (Å²) in [5.41, 5.74) is 0. The van der Waals surface area contributed by atoms with E-state index in [2.05, 4.69) is 17.6 Å². The molecule has 1 aromatic carbocycles. The number of amides is 1. The van der Waals surface area contributed by atoms with Gasteiger partial charge in [-0.1, -0.05) is 25.1 Å². The van der Waals surface area contributed by atoms with Crippen LogP contribution in [0.4, 0.5) is 0 Å². The lowest BCUT2D eigenvalue weighted by molar-refractivity contribution is 0.0881. The maximum absolute atomic E-state index is 12.2. The summed E-state index contributed by atoms with van der Waals surface area (Å²) >= 11 is 0. The molecule has 124 valence electrons. The molecule has 23 heavy (non-hydrogen) atoms.